The Labute approximate surface area is 171 Å². The monoisotopic (exact) mass is 433 g/mol. The fourth-order valence-electron chi connectivity index (χ4n) is 2.59. The zero-order valence-corrected chi connectivity index (χ0v) is 16.9. The van der Waals surface area contributed by atoms with E-state index in [-0.39, 0.29) is 0 Å². The van der Waals surface area contributed by atoms with Crippen molar-refractivity contribution in [3.8, 4) is 17.9 Å². The number of benzene rings is 2. The summed E-state index contributed by atoms with van der Waals surface area (Å²) in [4.78, 5) is 4.30. The van der Waals surface area contributed by atoms with Crippen LogP contribution in [0.4, 0.5) is 5.88 Å². The molecule has 0 saturated carbocycles. The molecule has 0 N–H and O–H groups in total. The highest BCUT2D eigenvalue weighted by Crippen LogP contribution is 2.29. The van der Waals surface area contributed by atoms with Gasteiger partial charge in [-0.15, -0.1) is 0 Å². The van der Waals surface area contributed by atoms with Gasteiger partial charge in [0.25, 0.3) is 0 Å². The van der Waals surface area contributed by atoms with E-state index in [9.17, 15) is 5.26 Å². The molecule has 5 nitrogen and oxygen atoms in total. The summed E-state index contributed by atoms with van der Waals surface area (Å²) in [6.45, 7) is 3.94. The average Bonchev–Trinajstić information content (AvgIpc) is 2.98. The van der Waals surface area contributed by atoms with Gasteiger partial charge in [0, 0.05) is 17.3 Å². The minimum Gasteiger partial charge on any atom is -0.488 e. The summed E-state index contributed by atoms with van der Waals surface area (Å²) in [7, 11) is 0. The van der Waals surface area contributed by atoms with Crippen LogP contribution in [0.3, 0.4) is 0 Å². The van der Waals surface area contributed by atoms with E-state index in [1.54, 1.807) is 12.3 Å². The summed E-state index contributed by atoms with van der Waals surface area (Å²) < 4.78 is 12.1. The molecule has 0 fully saturated rings. The maximum absolute atomic E-state index is 9.25. The first kappa shape index (κ1) is 19.4. The summed E-state index contributed by atoms with van der Waals surface area (Å²) in [6.07, 6.45) is 1.64. The SMILES string of the molecule is Cc1oc(N=Cc2ccc(OCc3ccccc3C#N)c(Br)c2)c(C#N)c1C. The van der Waals surface area contributed by atoms with Gasteiger partial charge >= 0.3 is 0 Å². The Bertz CT molecular complexity index is 1130. The van der Waals surface area contributed by atoms with Gasteiger partial charge in [0.15, 0.2) is 0 Å². The van der Waals surface area contributed by atoms with Crippen LogP contribution in [0.5, 0.6) is 5.75 Å². The molecule has 0 bridgehead atoms. The van der Waals surface area contributed by atoms with Gasteiger partial charge in [-0.1, -0.05) is 18.2 Å². The number of aliphatic imine (C=N–C) groups is 1. The number of aryl methyl sites for hydroxylation is 1. The first-order valence-electron chi connectivity index (χ1n) is 8.48. The van der Waals surface area contributed by atoms with E-state index in [4.69, 9.17) is 14.4 Å². The number of nitrogens with zero attached hydrogens (tertiary/aromatic N) is 3. The molecule has 0 atom stereocenters. The van der Waals surface area contributed by atoms with Crippen LogP contribution in [0, 0.1) is 36.5 Å². The molecule has 0 saturated heterocycles. The third-order valence-electron chi connectivity index (χ3n) is 4.29. The second kappa shape index (κ2) is 8.56. The van der Waals surface area contributed by atoms with E-state index >= 15 is 0 Å². The lowest BCUT2D eigenvalue weighted by atomic mass is 10.1. The first-order valence-corrected chi connectivity index (χ1v) is 9.27. The number of rotatable bonds is 5. The lowest BCUT2D eigenvalue weighted by Crippen LogP contribution is -1.99. The first-order chi connectivity index (χ1) is 13.5. The van der Waals surface area contributed by atoms with E-state index in [0.29, 0.717) is 35.1 Å². The van der Waals surface area contributed by atoms with Gasteiger partial charge in [0.1, 0.15) is 29.7 Å². The molecule has 0 aliphatic heterocycles. The smallest absolute Gasteiger partial charge is 0.237 e. The topological polar surface area (TPSA) is 82.3 Å². The summed E-state index contributed by atoms with van der Waals surface area (Å²) >= 11 is 3.50. The number of nitriles is 2. The molecular weight excluding hydrogens is 418 g/mol. The number of hydrogen-bond donors (Lipinski definition) is 0. The molecule has 1 aromatic heterocycles. The maximum atomic E-state index is 9.25. The van der Waals surface area contributed by atoms with Crippen LogP contribution in [-0.4, -0.2) is 6.21 Å². The van der Waals surface area contributed by atoms with Crippen LogP contribution < -0.4 is 4.74 Å². The van der Waals surface area contributed by atoms with Crippen molar-refractivity contribution in [2.45, 2.75) is 20.5 Å². The van der Waals surface area contributed by atoms with Gasteiger partial charge in [-0.25, -0.2) is 4.99 Å². The van der Waals surface area contributed by atoms with Crippen molar-refractivity contribution in [3.05, 3.63) is 80.5 Å². The molecule has 138 valence electrons. The van der Waals surface area contributed by atoms with Crippen LogP contribution >= 0.6 is 15.9 Å². The molecular formula is C22H16BrN3O2. The third-order valence-corrected chi connectivity index (χ3v) is 4.91. The number of hydrogen-bond acceptors (Lipinski definition) is 5. The van der Waals surface area contributed by atoms with Gasteiger partial charge in [-0.05, 0) is 59.6 Å². The molecule has 28 heavy (non-hydrogen) atoms. The molecule has 0 amide bonds. The fraction of sp³-hybridized carbons (Fsp3) is 0.136. The standard InChI is InChI=1S/C22H16BrN3O2/c1-14-15(2)28-22(19(14)11-25)26-12-16-7-8-21(20(23)9-16)27-13-18-6-4-3-5-17(18)10-24/h3-9,12H,13H2,1-2H3. The molecule has 0 spiro atoms. The molecule has 6 heteroatoms. The maximum Gasteiger partial charge on any atom is 0.237 e. The lowest BCUT2D eigenvalue weighted by Gasteiger charge is -2.09. The van der Waals surface area contributed by atoms with Crippen molar-refractivity contribution < 1.29 is 9.15 Å². The van der Waals surface area contributed by atoms with Crippen molar-refractivity contribution in [2.75, 3.05) is 0 Å². The fourth-order valence-corrected chi connectivity index (χ4v) is 3.10. The van der Waals surface area contributed by atoms with E-state index in [1.807, 2.05) is 50.2 Å². The summed E-state index contributed by atoms with van der Waals surface area (Å²) in [5.74, 6) is 1.65. The molecule has 3 rings (SSSR count). The number of ether oxygens (including phenoxy) is 1. The Kier molecular flexibility index (Phi) is 5.93. The van der Waals surface area contributed by atoms with Crippen molar-refractivity contribution in [3.63, 3.8) is 0 Å². The minimum atomic E-state index is 0.298. The molecule has 1 heterocycles. The highest BCUT2D eigenvalue weighted by molar-refractivity contribution is 9.10. The summed E-state index contributed by atoms with van der Waals surface area (Å²) in [5, 5.41) is 18.4. The van der Waals surface area contributed by atoms with Gasteiger partial charge in [0.05, 0.1) is 16.1 Å². The molecule has 3 aromatic rings. The van der Waals surface area contributed by atoms with Gasteiger partial charge < -0.3 is 9.15 Å². The van der Waals surface area contributed by atoms with Gasteiger partial charge in [0.2, 0.25) is 5.88 Å². The van der Waals surface area contributed by atoms with Crippen molar-refractivity contribution >= 4 is 28.0 Å². The Morgan fingerprint density at radius 1 is 1.14 bits per heavy atom. The zero-order chi connectivity index (χ0) is 20.1. The Balaban J connectivity index is 1.75. The van der Waals surface area contributed by atoms with Crippen LogP contribution in [0.1, 0.15) is 33.6 Å². The van der Waals surface area contributed by atoms with Gasteiger partial charge in [-0.2, -0.15) is 10.5 Å². The summed E-state index contributed by atoms with van der Waals surface area (Å²) in [6, 6.07) is 17.2. The largest absolute Gasteiger partial charge is 0.488 e. The predicted molar refractivity (Wildman–Crippen MR) is 110 cm³/mol. The molecule has 0 radical (unpaired) electrons. The van der Waals surface area contributed by atoms with Crippen molar-refractivity contribution in [1.29, 1.82) is 10.5 Å². The predicted octanol–water partition coefficient (Wildman–Crippen LogP) is 5.73. The highest BCUT2D eigenvalue weighted by Gasteiger charge is 2.13. The highest BCUT2D eigenvalue weighted by atomic mass is 79.9. The van der Waals surface area contributed by atoms with Crippen LogP contribution in [0.2, 0.25) is 0 Å². The van der Waals surface area contributed by atoms with E-state index in [1.165, 1.54) is 0 Å². The molecule has 0 aliphatic rings. The number of halogens is 1. The van der Waals surface area contributed by atoms with Gasteiger partial charge in [-0.3, -0.25) is 0 Å². The second-order valence-electron chi connectivity index (χ2n) is 6.08. The normalized spacial score (nSPS) is 10.6. The Morgan fingerprint density at radius 2 is 1.93 bits per heavy atom. The molecule has 0 unspecified atom stereocenters. The van der Waals surface area contributed by atoms with Crippen molar-refractivity contribution in [1.82, 2.24) is 0 Å². The van der Waals surface area contributed by atoms with E-state index < -0.39 is 0 Å². The summed E-state index contributed by atoms with van der Waals surface area (Å²) in [5.41, 5.74) is 3.50. The van der Waals surface area contributed by atoms with E-state index in [2.05, 4.69) is 33.1 Å². The molecule has 2 aromatic carbocycles. The molecule has 0 aliphatic carbocycles. The van der Waals surface area contributed by atoms with Crippen LogP contribution in [0.25, 0.3) is 0 Å². The quantitative estimate of drug-likeness (QED) is 0.480. The zero-order valence-electron chi connectivity index (χ0n) is 15.4. The van der Waals surface area contributed by atoms with E-state index in [0.717, 1.165) is 21.2 Å². The van der Waals surface area contributed by atoms with Crippen LogP contribution in [0.15, 0.2) is 56.3 Å². The number of furan rings is 1. The average molecular weight is 434 g/mol. The second-order valence-corrected chi connectivity index (χ2v) is 6.94. The van der Waals surface area contributed by atoms with Crippen molar-refractivity contribution in [2.24, 2.45) is 4.99 Å². The Morgan fingerprint density at radius 3 is 2.64 bits per heavy atom. The lowest BCUT2D eigenvalue weighted by molar-refractivity contribution is 0.304. The Hall–Kier alpha value is -3.35. The van der Waals surface area contributed by atoms with Crippen LogP contribution in [-0.2, 0) is 6.61 Å². The third kappa shape index (κ3) is 4.14. The minimum absolute atomic E-state index is 0.298.